The molecule has 1 aliphatic heterocycles. The number of amides is 2. The largest absolute Gasteiger partial charge is 0.376 e. The lowest BCUT2D eigenvalue weighted by Gasteiger charge is -2.28. The molecule has 2 amide bonds. The fourth-order valence-electron chi connectivity index (χ4n) is 2.21. The molecule has 5 nitrogen and oxygen atoms in total. The molecule has 0 aliphatic carbocycles. The zero-order valence-corrected chi connectivity index (χ0v) is 14.2. The van der Waals surface area contributed by atoms with E-state index in [0.29, 0.717) is 36.4 Å². The van der Waals surface area contributed by atoms with Gasteiger partial charge in [-0.3, -0.25) is 0 Å². The zero-order chi connectivity index (χ0) is 16.1. The Morgan fingerprint density at radius 3 is 2.86 bits per heavy atom. The van der Waals surface area contributed by atoms with Crippen molar-refractivity contribution >= 4 is 29.2 Å². The summed E-state index contributed by atoms with van der Waals surface area (Å²) in [5.41, 5.74) is 0.848. The third kappa shape index (κ3) is 4.49. The number of urea groups is 1. The second kappa shape index (κ2) is 8.02. The van der Waals surface area contributed by atoms with Crippen LogP contribution in [0.1, 0.15) is 18.5 Å². The van der Waals surface area contributed by atoms with Crippen LogP contribution in [0.4, 0.5) is 4.79 Å². The number of carbonyl (C=O) groups excluding carboxylic acids is 1. The monoisotopic (exact) mass is 346 g/mol. The number of benzene rings is 1. The van der Waals surface area contributed by atoms with Crippen molar-refractivity contribution in [3.05, 3.63) is 33.8 Å². The highest BCUT2D eigenvalue weighted by atomic mass is 35.5. The molecule has 1 aromatic rings. The minimum absolute atomic E-state index is 0.0967. The van der Waals surface area contributed by atoms with E-state index < -0.39 is 0 Å². The lowest BCUT2D eigenvalue weighted by molar-refractivity contribution is -0.0856. The molecule has 1 N–H and O–H groups in total. The molecule has 0 saturated carbocycles. The van der Waals surface area contributed by atoms with Crippen LogP contribution in [0, 0.1) is 0 Å². The molecule has 2 rings (SSSR count). The molecular weight excluding hydrogens is 327 g/mol. The van der Waals surface area contributed by atoms with E-state index in [-0.39, 0.29) is 18.2 Å². The van der Waals surface area contributed by atoms with Crippen LogP contribution in [0.2, 0.25) is 10.0 Å². The first-order valence-corrected chi connectivity index (χ1v) is 7.89. The lowest BCUT2D eigenvalue weighted by atomic mass is 10.1. The van der Waals surface area contributed by atoms with Gasteiger partial charge in [0.1, 0.15) is 0 Å². The van der Waals surface area contributed by atoms with Crippen molar-refractivity contribution in [2.24, 2.45) is 0 Å². The Balaban J connectivity index is 1.91. The van der Waals surface area contributed by atoms with Crippen LogP contribution in [0.5, 0.6) is 0 Å². The highest BCUT2D eigenvalue weighted by Gasteiger charge is 2.21. The summed E-state index contributed by atoms with van der Waals surface area (Å²) in [7, 11) is 1.73. The van der Waals surface area contributed by atoms with Gasteiger partial charge in [0.15, 0.2) is 0 Å². The molecule has 0 spiro atoms. The minimum Gasteiger partial charge on any atom is -0.376 e. The van der Waals surface area contributed by atoms with Gasteiger partial charge in [-0.2, -0.15) is 0 Å². The molecule has 0 aromatic heterocycles. The first-order valence-electron chi connectivity index (χ1n) is 7.14. The predicted molar refractivity (Wildman–Crippen MR) is 86.6 cm³/mol. The summed E-state index contributed by atoms with van der Waals surface area (Å²) in [5, 5.41) is 3.96. The molecule has 1 fully saturated rings. The van der Waals surface area contributed by atoms with Crippen LogP contribution < -0.4 is 5.32 Å². The van der Waals surface area contributed by atoms with Crippen molar-refractivity contribution in [2.75, 3.05) is 33.4 Å². The molecular formula is C15H20Cl2N2O3. The first-order chi connectivity index (χ1) is 10.5. The highest BCUT2D eigenvalue weighted by Crippen LogP contribution is 2.29. The highest BCUT2D eigenvalue weighted by molar-refractivity contribution is 6.35. The fourth-order valence-corrected chi connectivity index (χ4v) is 2.77. The third-order valence-electron chi connectivity index (χ3n) is 3.68. The number of rotatable bonds is 4. The van der Waals surface area contributed by atoms with E-state index in [1.54, 1.807) is 24.1 Å². The Labute approximate surface area is 140 Å². The van der Waals surface area contributed by atoms with E-state index >= 15 is 0 Å². The summed E-state index contributed by atoms with van der Waals surface area (Å²) < 4.78 is 10.8. The van der Waals surface area contributed by atoms with Crippen LogP contribution in [0.25, 0.3) is 0 Å². The average molecular weight is 347 g/mol. The standard InChI is InChI=1S/C15H20Cl2N2O3/c1-10(13-4-3-11(16)7-14(13)17)19(2)15(20)18-8-12-9-21-5-6-22-12/h3-4,7,10,12H,5-6,8-9H2,1-2H3,(H,18,20). The second-order valence-electron chi connectivity index (χ2n) is 5.21. The number of halogens is 2. The predicted octanol–water partition coefficient (Wildman–Crippen LogP) is 3.11. The molecule has 22 heavy (non-hydrogen) atoms. The number of hydrogen-bond acceptors (Lipinski definition) is 3. The lowest BCUT2D eigenvalue weighted by Crippen LogP contribution is -2.45. The Kier molecular flexibility index (Phi) is 6.32. The van der Waals surface area contributed by atoms with Crippen molar-refractivity contribution in [1.82, 2.24) is 10.2 Å². The van der Waals surface area contributed by atoms with E-state index in [2.05, 4.69) is 5.32 Å². The van der Waals surface area contributed by atoms with Gasteiger partial charge in [0.25, 0.3) is 0 Å². The summed E-state index contributed by atoms with van der Waals surface area (Å²) >= 11 is 12.1. The average Bonchev–Trinajstić information content (AvgIpc) is 2.52. The Morgan fingerprint density at radius 2 is 2.23 bits per heavy atom. The molecule has 1 saturated heterocycles. The van der Waals surface area contributed by atoms with Gasteiger partial charge in [-0.1, -0.05) is 29.3 Å². The SMILES string of the molecule is CC(c1ccc(Cl)cc1Cl)N(C)C(=O)NCC1COCCO1. The maximum Gasteiger partial charge on any atom is 0.317 e. The molecule has 0 radical (unpaired) electrons. The van der Waals surface area contributed by atoms with Crippen LogP contribution in [-0.4, -0.2) is 50.4 Å². The fraction of sp³-hybridized carbons (Fsp3) is 0.533. The Hall–Kier alpha value is -1.01. The normalized spacial score (nSPS) is 19.5. The van der Waals surface area contributed by atoms with Crippen molar-refractivity contribution in [3.63, 3.8) is 0 Å². The number of hydrogen-bond donors (Lipinski definition) is 1. The van der Waals surface area contributed by atoms with Gasteiger partial charge in [-0.25, -0.2) is 4.79 Å². The van der Waals surface area contributed by atoms with Gasteiger partial charge in [-0.15, -0.1) is 0 Å². The molecule has 1 aromatic carbocycles. The van der Waals surface area contributed by atoms with E-state index in [1.165, 1.54) is 0 Å². The van der Waals surface area contributed by atoms with E-state index in [9.17, 15) is 4.79 Å². The molecule has 0 bridgehead atoms. The summed E-state index contributed by atoms with van der Waals surface area (Å²) in [6, 6.07) is 4.91. The van der Waals surface area contributed by atoms with Crippen molar-refractivity contribution < 1.29 is 14.3 Å². The van der Waals surface area contributed by atoms with Crippen molar-refractivity contribution in [3.8, 4) is 0 Å². The molecule has 7 heteroatoms. The molecule has 1 heterocycles. The van der Waals surface area contributed by atoms with Gasteiger partial charge >= 0.3 is 6.03 Å². The third-order valence-corrected chi connectivity index (χ3v) is 4.24. The summed E-state index contributed by atoms with van der Waals surface area (Å²) in [4.78, 5) is 13.8. The number of carbonyl (C=O) groups is 1. The second-order valence-corrected chi connectivity index (χ2v) is 6.05. The van der Waals surface area contributed by atoms with E-state index in [0.717, 1.165) is 5.56 Å². The summed E-state index contributed by atoms with van der Waals surface area (Å²) in [6.07, 6.45) is -0.0967. The Morgan fingerprint density at radius 1 is 1.45 bits per heavy atom. The summed E-state index contributed by atoms with van der Waals surface area (Å²) in [5.74, 6) is 0. The number of nitrogens with one attached hydrogen (secondary N) is 1. The van der Waals surface area contributed by atoms with E-state index in [1.807, 2.05) is 13.0 Å². The topological polar surface area (TPSA) is 50.8 Å². The number of nitrogens with zero attached hydrogens (tertiary/aromatic N) is 1. The molecule has 2 atom stereocenters. The van der Waals surface area contributed by atoms with Gasteiger partial charge in [-0.05, 0) is 24.6 Å². The van der Waals surface area contributed by atoms with Crippen LogP contribution >= 0.6 is 23.2 Å². The molecule has 2 unspecified atom stereocenters. The molecule has 1 aliphatic rings. The van der Waals surface area contributed by atoms with Gasteiger partial charge < -0.3 is 19.7 Å². The zero-order valence-electron chi connectivity index (χ0n) is 12.6. The van der Waals surface area contributed by atoms with Gasteiger partial charge in [0.05, 0.1) is 32.0 Å². The summed E-state index contributed by atoms with van der Waals surface area (Å²) in [6.45, 7) is 4.01. The Bertz CT molecular complexity index is 522. The maximum atomic E-state index is 12.2. The van der Waals surface area contributed by atoms with Crippen LogP contribution in [0.3, 0.4) is 0 Å². The number of ether oxygens (including phenoxy) is 2. The minimum atomic E-state index is -0.187. The van der Waals surface area contributed by atoms with E-state index in [4.69, 9.17) is 32.7 Å². The quantitative estimate of drug-likeness (QED) is 0.911. The van der Waals surface area contributed by atoms with Crippen LogP contribution in [0.15, 0.2) is 18.2 Å². The maximum absolute atomic E-state index is 12.2. The van der Waals surface area contributed by atoms with Crippen molar-refractivity contribution in [2.45, 2.75) is 19.1 Å². The van der Waals surface area contributed by atoms with Gasteiger partial charge in [0.2, 0.25) is 0 Å². The van der Waals surface area contributed by atoms with Crippen molar-refractivity contribution in [1.29, 1.82) is 0 Å². The smallest absolute Gasteiger partial charge is 0.317 e. The first kappa shape index (κ1) is 17.3. The van der Waals surface area contributed by atoms with Gasteiger partial charge in [0, 0.05) is 23.6 Å². The van der Waals surface area contributed by atoms with Crippen LogP contribution in [-0.2, 0) is 9.47 Å². The molecule has 122 valence electrons.